The van der Waals surface area contributed by atoms with Gasteiger partial charge in [0.05, 0.1) is 0 Å². The summed E-state index contributed by atoms with van der Waals surface area (Å²) >= 11 is 0. The van der Waals surface area contributed by atoms with Crippen LogP contribution in [0.4, 0.5) is 4.39 Å². The summed E-state index contributed by atoms with van der Waals surface area (Å²) in [5, 5.41) is 0. The minimum absolute atomic E-state index is 0.110. The van der Waals surface area contributed by atoms with Crippen molar-refractivity contribution in [3.05, 3.63) is 42.1 Å². The van der Waals surface area contributed by atoms with Crippen molar-refractivity contribution >= 4 is 5.78 Å². The first-order valence-electron chi connectivity index (χ1n) is 6.58. The van der Waals surface area contributed by atoms with E-state index in [4.69, 9.17) is 0 Å². The number of Topliss-reactive ketones (excluding diaryl/α,β-unsaturated/α-hetero) is 1. The van der Waals surface area contributed by atoms with Crippen LogP contribution in [0, 0.1) is 12.2 Å². The number of likely N-dealkylation sites (tertiary alicyclic amines) is 1. The van der Waals surface area contributed by atoms with Crippen LogP contribution < -0.4 is 0 Å². The molecule has 0 N–H and O–H groups in total. The van der Waals surface area contributed by atoms with Gasteiger partial charge < -0.3 is 4.90 Å². The number of carbonyl (C=O) groups excluding carboxylic acids is 1. The van der Waals surface area contributed by atoms with E-state index in [1.54, 1.807) is 12.1 Å². The third-order valence-corrected chi connectivity index (χ3v) is 3.34. The molecule has 1 aromatic rings. The quantitative estimate of drug-likeness (QED) is 0.746. The highest BCUT2D eigenvalue weighted by Gasteiger charge is 2.11. The van der Waals surface area contributed by atoms with E-state index in [0.717, 1.165) is 38.9 Å². The van der Waals surface area contributed by atoms with Crippen LogP contribution >= 0.6 is 0 Å². The minimum Gasteiger partial charge on any atom is -0.303 e. The molecule has 1 radical (unpaired) electrons. The Hall–Kier alpha value is -1.22. The average molecular weight is 248 g/mol. The summed E-state index contributed by atoms with van der Waals surface area (Å²) in [4.78, 5) is 14.3. The highest BCUT2D eigenvalue weighted by atomic mass is 19.1. The first-order valence-corrected chi connectivity index (χ1v) is 6.58. The Labute approximate surface area is 108 Å². The molecule has 0 amide bonds. The molecule has 18 heavy (non-hydrogen) atoms. The molecule has 1 aliphatic rings. The SMILES string of the molecule is O=C(CCCN1CC[CH]CC1)c1ccc(F)cc1. The van der Waals surface area contributed by atoms with Gasteiger partial charge in [-0.2, -0.15) is 0 Å². The molecule has 97 valence electrons. The van der Waals surface area contributed by atoms with Gasteiger partial charge in [-0.05, 0) is 69.6 Å². The van der Waals surface area contributed by atoms with Crippen LogP contribution in [0.15, 0.2) is 24.3 Å². The average Bonchev–Trinajstić information content (AvgIpc) is 2.40. The normalized spacial score (nSPS) is 16.7. The number of nitrogens with zero attached hydrogens (tertiary/aromatic N) is 1. The van der Waals surface area contributed by atoms with E-state index in [9.17, 15) is 9.18 Å². The van der Waals surface area contributed by atoms with Gasteiger partial charge in [0.15, 0.2) is 5.78 Å². The molecule has 0 aliphatic carbocycles. The number of hydrogen-bond donors (Lipinski definition) is 0. The fraction of sp³-hybridized carbons (Fsp3) is 0.467. The van der Waals surface area contributed by atoms with Gasteiger partial charge >= 0.3 is 0 Å². The van der Waals surface area contributed by atoms with Crippen LogP contribution in [0.1, 0.15) is 36.0 Å². The molecular formula is C15H19FNO. The molecule has 0 atom stereocenters. The molecule has 2 nitrogen and oxygen atoms in total. The Morgan fingerprint density at radius 2 is 1.83 bits per heavy atom. The van der Waals surface area contributed by atoms with Crippen molar-refractivity contribution in [3.63, 3.8) is 0 Å². The van der Waals surface area contributed by atoms with Crippen LogP contribution in [-0.2, 0) is 0 Å². The predicted molar refractivity (Wildman–Crippen MR) is 69.9 cm³/mol. The third-order valence-electron chi connectivity index (χ3n) is 3.34. The Bertz CT molecular complexity index is 382. The molecule has 1 heterocycles. The zero-order valence-corrected chi connectivity index (χ0v) is 10.6. The van der Waals surface area contributed by atoms with Gasteiger partial charge in [0.25, 0.3) is 0 Å². The lowest BCUT2D eigenvalue weighted by molar-refractivity contribution is 0.0974. The molecule has 0 aromatic heterocycles. The zero-order valence-electron chi connectivity index (χ0n) is 10.6. The van der Waals surface area contributed by atoms with Crippen molar-refractivity contribution in [2.45, 2.75) is 25.7 Å². The van der Waals surface area contributed by atoms with E-state index >= 15 is 0 Å². The summed E-state index contributed by atoms with van der Waals surface area (Å²) in [6.45, 7) is 3.22. The maximum Gasteiger partial charge on any atom is 0.162 e. The lowest BCUT2D eigenvalue weighted by Gasteiger charge is -2.25. The summed E-state index contributed by atoms with van der Waals surface area (Å²) in [6.07, 6.45) is 6.07. The van der Waals surface area contributed by atoms with E-state index in [1.165, 1.54) is 12.1 Å². The van der Waals surface area contributed by atoms with Crippen molar-refractivity contribution in [2.24, 2.45) is 0 Å². The standard InChI is InChI=1S/C15H19FNO/c16-14-8-6-13(7-9-14)15(18)5-4-12-17-10-2-1-3-11-17/h1,6-9H,2-5,10-12H2. The third kappa shape index (κ3) is 3.91. The maximum atomic E-state index is 12.7. The molecular weight excluding hydrogens is 229 g/mol. The molecule has 1 aromatic carbocycles. The Balaban J connectivity index is 1.72. The van der Waals surface area contributed by atoms with Crippen molar-refractivity contribution in [2.75, 3.05) is 19.6 Å². The highest BCUT2D eigenvalue weighted by molar-refractivity contribution is 5.95. The Morgan fingerprint density at radius 1 is 1.17 bits per heavy atom. The van der Waals surface area contributed by atoms with Gasteiger partial charge in [-0.1, -0.05) is 0 Å². The predicted octanol–water partition coefficient (Wildman–Crippen LogP) is 3.09. The van der Waals surface area contributed by atoms with Crippen LogP contribution in [0.5, 0.6) is 0 Å². The molecule has 0 saturated carbocycles. The number of halogens is 1. The number of piperidine rings is 1. The molecule has 0 unspecified atom stereocenters. The molecule has 1 fully saturated rings. The van der Waals surface area contributed by atoms with Gasteiger partial charge in [0.2, 0.25) is 0 Å². The topological polar surface area (TPSA) is 20.3 Å². The van der Waals surface area contributed by atoms with Crippen LogP contribution in [0.25, 0.3) is 0 Å². The highest BCUT2D eigenvalue weighted by Crippen LogP contribution is 2.11. The summed E-state index contributed by atoms with van der Waals surface area (Å²) < 4.78 is 12.7. The van der Waals surface area contributed by atoms with E-state index in [-0.39, 0.29) is 11.6 Å². The largest absolute Gasteiger partial charge is 0.303 e. The van der Waals surface area contributed by atoms with Crippen molar-refractivity contribution < 1.29 is 9.18 Å². The van der Waals surface area contributed by atoms with Crippen LogP contribution in [0.2, 0.25) is 0 Å². The van der Waals surface area contributed by atoms with Gasteiger partial charge in [-0.25, -0.2) is 4.39 Å². The molecule has 3 heteroatoms. The van der Waals surface area contributed by atoms with E-state index in [2.05, 4.69) is 11.3 Å². The summed E-state index contributed by atoms with van der Waals surface area (Å²) in [5.74, 6) is -0.185. The summed E-state index contributed by atoms with van der Waals surface area (Å²) in [7, 11) is 0. The zero-order chi connectivity index (χ0) is 12.8. The fourth-order valence-electron chi connectivity index (χ4n) is 2.27. The smallest absolute Gasteiger partial charge is 0.162 e. The monoisotopic (exact) mass is 248 g/mol. The van der Waals surface area contributed by atoms with Gasteiger partial charge in [-0.15, -0.1) is 0 Å². The van der Waals surface area contributed by atoms with Crippen molar-refractivity contribution in [3.8, 4) is 0 Å². The molecule has 1 aliphatic heterocycles. The van der Waals surface area contributed by atoms with Crippen molar-refractivity contribution in [1.29, 1.82) is 0 Å². The number of carbonyl (C=O) groups is 1. The number of hydrogen-bond acceptors (Lipinski definition) is 2. The minimum atomic E-state index is -0.295. The van der Waals surface area contributed by atoms with E-state index < -0.39 is 0 Å². The second-order valence-electron chi connectivity index (χ2n) is 4.74. The van der Waals surface area contributed by atoms with Crippen molar-refractivity contribution in [1.82, 2.24) is 4.90 Å². The van der Waals surface area contributed by atoms with Gasteiger partial charge in [0.1, 0.15) is 5.82 Å². The lowest BCUT2D eigenvalue weighted by Crippen LogP contribution is -2.31. The second kappa shape index (κ2) is 6.64. The number of benzene rings is 1. The Morgan fingerprint density at radius 3 is 2.50 bits per heavy atom. The summed E-state index contributed by atoms with van der Waals surface area (Å²) in [5.41, 5.74) is 0.614. The number of rotatable bonds is 5. The van der Waals surface area contributed by atoms with E-state index in [1.807, 2.05) is 0 Å². The molecule has 1 saturated heterocycles. The van der Waals surface area contributed by atoms with Gasteiger partial charge in [0, 0.05) is 12.0 Å². The number of ketones is 1. The maximum absolute atomic E-state index is 12.7. The van der Waals surface area contributed by atoms with Crippen LogP contribution in [0.3, 0.4) is 0 Å². The molecule has 0 bridgehead atoms. The molecule has 0 spiro atoms. The lowest BCUT2D eigenvalue weighted by atomic mass is 10.1. The molecule has 2 rings (SSSR count). The van der Waals surface area contributed by atoms with Gasteiger partial charge in [-0.3, -0.25) is 4.79 Å². The van der Waals surface area contributed by atoms with Crippen LogP contribution in [-0.4, -0.2) is 30.3 Å². The fourth-order valence-corrected chi connectivity index (χ4v) is 2.27. The first-order chi connectivity index (χ1) is 8.75. The first kappa shape index (κ1) is 13.2. The Kier molecular flexibility index (Phi) is 4.88. The second-order valence-corrected chi connectivity index (χ2v) is 4.74. The summed E-state index contributed by atoms with van der Waals surface area (Å²) in [6, 6.07) is 5.81. The van der Waals surface area contributed by atoms with E-state index in [0.29, 0.717) is 12.0 Å².